The third kappa shape index (κ3) is 36.4. The van der Waals surface area contributed by atoms with Gasteiger partial charge >= 0.3 is 23.1 Å². The van der Waals surface area contributed by atoms with Crippen molar-refractivity contribution < 1.29 is 0 Å². The standard InChI is InChI=1S/2C5H11.Mg/c2*1-4-5(2)3;/h2*5H,1,4H2,2-3H3;/q2*-1;+2. The van der Waals surface area contributed by atoms with E-state index in [1.165, 1.54) is 0 Å². The zero-order chi connectivity index (χ0) is 8.57. The van der Waals surface area contributed by atoms with Crippen molar-refractivity contribution in [2.24, 2.45) is 11.8 Å². The molecule has 0 amide bonds. The number of hydrogen-bond acceptors (Lipinski definition) is 0. The first-order valence-electron chi connectivity index (χ1n) is 4.13. The zero-order valence-electron chi connectivity index (χ0n) is 8.69. The minimum atomic E-state index is 0. The fourth-order valence-corrected chi connectivity index (χ4v) is 0. The zero-order valence-corrected chi connectivity index (χ0v) is 10.1. The van der Waals surface area contributed by atoms with E-state index in [2.05, 4.69) is 41.5 Å². The summed E-state index contributed by atoms with van der Waals surface area (Å²) < 4.78 is 0. The van der Waals surface area contributed by atoms with E-state index in [9.17, 15) is 0 Å². The van der Waals surface area contributed by atoms with Gasteiger partial charge in [0.15, 0.2) is 0 Å². The average Bonchev–Trinajstić information content (AvgIpc) is 1.89. The summed E-state index contributed by atoms with van der Waals surface area (Å²) in [5.41, 5.74) is 0. The van der Waals surface area contributed by atoms with Crippen molar-refractivity contribution in [3.05, 3.63) is 13.8 Å². The molecule has 0 unspecified atom stereocenters. The molecule has 0 nitrogen and oxygen atoms in total. The first kappa shape index (κ1) is 17.7. The first-order valence-corrected chi connectivity index (χ1v) is 4.13. The van der Waals surface area contributed by atoms with Crippen molar-refractivity contribution in [3.63, 3.8) is 0 Å². The predicted octanol–water partition coefficient (Wildman–Crippen LogP) is 3.35. The fourth-order valence-electron chi connectivity index (χ4n) is 0. The second kappa shape index (κ2) is 13.4. The van der Waals surface area contributed by atoms with Gasteiger partial charge in [-0.15, -0.1) is 0 Å². The van der Waals surface area contributed by atoms with Crippen molar-refractivity contribution in [2.45, 2.75) is 40.5 Å². The first-order chi connectivity index (χ1) is 4.54. The van der Waals surface area contributed by atoms with Crippen LogP contribution in [0.15, 0.2) is 0 Å². The van der Waals surface area contributed by atoms with Crippen LogP contribution in [-0.2, 0) is 0 Å². The summed E-state index contributed by atoms with van der Waals surface area (Å²) in [5, 5.41) is 0. The Labute approximate surface area is 89.3 Å². The second-order valence-corrected chi connectivity index (χ2v) is 3.37. The third-order valence-corrected chi connectivity index (χ3v) is 1.15. The maximum atomic E-state index is 3.69. The SMILES string of the molecule is [CH2-]CC(C)C.[CH2-]CC(C)C.[Mg+2]. The quantitative estimate of drug-likeness (QED) is 0.436. The molecule has 1 heteroatoms. The Balaban J connectivity index is -0.000000107. The van der Waals surface area contributed by atoms with Crippen LogP contribution in [0, 0.1) is 25.7 Å². The monoisotopic (exact) mass is 166 g/mol. The molecule has 0 aromatic carbocycles. The van der Waals surface area contributed by atoms with Crippen LogP contribution in [0.2, 0.25) is 0 Å². The topological polar surface area (TPSA) is 0 Å². The Bertz CT molecular complexity index is 40.8. The molecule has 0 atom stereocenters. The van der Waals surface area contributed by atoms with Crippen LogP contribution in [0.1, 0.15) is 40.5 Å². The molecule has 0 rings (SSSR count). The van der Waals surface area contributed by atoms with Crippen LogP contribution < -0.4 is 0 Å². The summed E-state index contributed by atoms with van der Waals surface area (Å²) in [6.07, 6.45) is 2.11. The molecule has 0 heterocycles. The Morgan fingerprint density at radius 1 is 0.818 bits per heavy atom. The van der Waals surface area contributed by atoms with Crippen LogP contribution in [-0.4, -0.2) is 23.1 Å². The minimum Gasteiger partial charge on any atom is -0.343 e. The van der Waals surface area contributed by atoms with Gasteiger partial charge in [-0.3, -0.25) is 0 Å². The van der Waals surface area contributed by atoms with E-state index in [4.69, 9.17) is 0 Å². The summed E-state index contributed by atoms with van der Waals surface area (Å²) in [5.74, 6) is 1.55. The minimum absolute atomic E-state index is 0. The molecule has 0 radical (unpaired) electrons. The van der Waals surface area contributed by atoms with Gasteiger partial charge in [0.1, 0.15) is 0 Å². The molecular formula is C10H22Mg. The van der Waals surface area contributed by atoms with E-state index < -0.39 is 0 Å². The van der Waals surface area contributed by atoms with Crippen molar-refractivity contribution in [1.82, 2.24) is 0 Å². The molecule has 0 aliphatic carbocycles. The molecule has 0 aliphatic rings. The maximum Gasteiger partial charge on any atom is 2.00 e. The number of hydrogen-bond donors (Lipinski definition) is 0. The van der Waals surface area contributed by atoms with Crippen LogP contribution in [0.3, 0.4) is 0 Å². The van der Waals surface area contributed by atoms with E-state index in [0.717, 1.165) is 24.7 Å². The molecule has 0 N–H and O–H groups in total. The van der Waals surface area contributed by atoms with Crippen molar-refractivity contribution in [2.75, 3.05) is 0 Å². The van der Waals surface area contributed by atoms with Crippen LogP contribution in [0.5, 0.6) is 0 Å². The summed E-state index contributed by atoms with van der Waals surface area (Å²) in [7, 11) is 0. The van der Waals surface area contributed by atoms with E-state index in [-0.39, 0.29) is 23.1 Å². The molecule has 0 saturated heterocycles. The van der Waals surface area contributed by atoms with Crippen LogP contribution in [0.25, 0.3) is 0 Å². The normalized spacial score (nSPS) is 8.73. The van der Waals surface area contributed by atoms with Gasteiger partial charge in [0, 0.05) is 0 Å². The van der Waals surface area contributed by atoms with E-state index in [0.29, 0.717) is 0 Å². The molecule has 0 fully saturated rings. The molecule has 64 valence electrons. The molecule has 0 bridgehead atoms. The molecule has 0 spiro atoms. The summed E-state index contributed by atoms with van der Waals surface area (Å²) >= 11 is 0. The van der Waals surface area contributed by atoms with Gasteiger partial charge in [-0.2, -0.15) is 12.8 Å². The van der Waals surface area contributed by atoms with Crippen LogP contribution >= 0.6 is 0 Å². The second-order valence-electron chi connectivity index (χ2n) is 3.37. The van der Waals surface area contributed by atoms with Gasteiger partial charge in [-0.05, 0) is 0 Å². The summed E-state index contributed by atoms with van der Waals surface area (Å²) in [6.45, 7) is 16.0. The molecule has 0 saturated carbocycles. The molecular weight excluding hydrogens is 144 g/mol. The van der Waals surface area contributed by atoms with Gasteiger partial charge in [-0.1, -0.05) is 39.5 Å². The Morgan fingerprint density at radius 2 is 0.909 bits per heavy atom. The average molecular weight is 167 g/mol. The molecule has 0 aromatic heterocycles. The van der Waals surface area contributed by atoms with Crippen LogP contribution in [0.4, 0.5) is 0 Å². The van der Waals surface area contributed by atoms with Gasteiger partial charge in [0.2, 0.25) is 0 Å². The molecule has 0 aliphatic heterocycles. The Hall–Kier alpha value is 0.766. The Morgan fingerprint density at radius 3 is 0.909 bits per heavy atom. The number of rotatable bonds is 2. The van der Waals surface area contributed by atoms with Crippen molar-refractivity contribution >= 4 is 23.1 Å². The van der Waals surface area contributed by atoms with Gasteiger partial charge in [0.25, 0.3) is 0 Å². The van der Waals surface area contributed by atoms with Gasteiger partial charge in [0.05, 0.1) is 0 Å². The van der Waals surface area contributed by atoms with Gasteiger partial charge in [-0.25, -0.2) is 0 Å². The van der Waals surface area contributed by atoms with Gasteiger partial charge < -0.3 is 13.8 Å². The van der Waals surface area contributed by atoms with E-state index in [1.807, 2.05) is 0 Å². The Kier molecular flexibility index (Phi) is 21.6. The molecule has 0 aromatic rings. The van der Waals surface area contributed by atoms with E-state index >= 15 is 0 Å². The summed E-state index contributed by atoms with van der Waals surface area (Å²) in [6, 6.07) is 0. The van der Waals surface area contributed by atoms with Crippen molar-refractivity contribution in [1.29, 1.82) is 0 Å². The fraction of sp³-hybridized carbons (Fsp3) is 0.800. The smallest absolute Gasteiger partial charge is 0.343 e. The third-order valence-electron chi connectivity index (χ3n) is 1.15. The van der Waals surface area contributed by atoms with E-state index in [1.54, 1.807) is 0 Å². The maximum absolute atomic E-state index is 3.69. The summed E-state index contributed by atoms with van der Waals surface area (Å²) in [4.78, 5) is 0. The van der Waals surface area contributed by atoms with Crippen molar-refractivity contribution in [3.8, 4) is 0 Å². The molecule has 11 heavy (non-hydrogen) atoms. The largest absolute Gasteiger partial charge is 2.00 e. The predicted molar refractivity (Wildman–Crippen MR) is 55.4 cm³/mol.